The standard InChI is InChI=1S/C13H16ClNO/c1-10-5-6-12(14)13(8-10)15-9-11-4-2-3-7-16-11/h3,5-8,11,15H,2,4,9H2,1H3. The fourth-order valence-corrected chi connectivity index (χ4v) is 1.92. The highest BCUT2D eigenvalue weighted by Gasteiger charge is 2.11. The summed E-state index contributed by atoms with van der Waals surface area (Å²) in [6.45, 7) is 2.86. The van der Waals surface area contributed by atoms with Crippen LogP contribution in [0.2, 0.25) is 5.02 Å². The van der Waals surface area contributed by atoms with Crippen molar-refractivity contribution in [1.82, 2.24) is 0 Å². The van der Waals surface area contributed by atoms with Crippen LogP contribution in [0.4, 0.5) is 5.69 Å². The number of nitrogens with one attached hydrogen (secondary N) is 1. The van der Waals surface area contributed by atoms with Crippen LogP contribution in [-0.2, 0) is 4.74 Å². The summed E-state index contributed by atoms with van der Waals surface area (Å²) >= 11 is 6.10. The van der Waals surface area contributed by atoms with E-state index < -0.39 is 0 Å². The highest BCUT2D eigenvalue weighted by molar-refractivity contribution is 6.33. The minimum Gasteiger partial charge on any atom is -0.497 e. The van der Waals surface area contributed by atoms with Crippen LogP contribution < -0.4 is 5.32 Å². The molecule has 1 unspecified atom stereocenters. The number of ether oxygens (including phenoxy) is 1. The van der Waals surface area contributed by atoms with Crippen LogP contribution in [0.1, 0.15) is 18.4 Å². The first-order valence-electron chi connectivity index (χ1n) is 5.56. The van der Waals surface area contributed by atoms with Crippen molar-refractivity contribution in [2.45, 2.75) is 25.9 Å². The molecule has 86 valence electrons. The first-order valence-corrected chi connectivity index (χ1v) is 5.94. The van der Waals surface area contributed by atoms with Crippen molar-refractivity contribution < 1.29 is 4.74 Å². The Bertz CT molecular complexity index is 390. The molecule has 0 bridgehead atoms. The van der Waals surface area contributed by atoms with Gasteiger partial charge in [-0.15, -0.1) is 0 Å². The third-order valence-electron chi connectivity index (χ3n) is 2.66. The molecule has 1 aromatic rings. The first-order chi connectivity index (χ1) is 7.75. The van der Waals surface area contributed by atoms with Crippen LogP contribution in [0.3, 0.4) is 0 Å². The molecule has 1 atom stereocenters. The Morgan fingerprint density at radius 3 is 3.12 bits per heavy atom. The van der Waals surface area contributed by atoms with E-state index in [1.54, 1.807) is 6.26 Å². The SMILES string of the molecule is Cc1ccc(Cl)c(NCC2CCC=CO2)c1. The summed E-state index contributed by atoms with van der Waals surface area (Å²) in [6.07, 6.45) is 6.24. The summed E-state index contributed by atoms with van der Waals surface area (Å²) in [5, 5.41) is 4.09. The van der Waals surface area contributed by atoms with E-state index in [4.69, 9.17) is 16.3 Å². The number of hydrogen-bond acceptors (Lipinski definition) is 2. The smallest absolute Gasteiger partial charge is 0.115 e. The van der Waals surface area contributed by atoms with Crippen molar-refractivity contribution in [1.29, 1.82) is 0 Å². The molecule has 0 amide bonds. The average Bonchev–Trinajstić information content (AvgIpc) is 2.32. The van der Waals surface area contributed by atoms with E-state index in [9.17, 15) is 0 Å². The lowest BCUT2D eigenvalue weighted by Gasteiger charge is -2.20. The van der Waals surface area contributed by atoms with Gasteiger partial charge in [-0.1, -0.05) is 17.7 Å². The van der Waals surface area contributed by atoms with E-state index >= 15 is 0 Å². The molecule has 1 aliphatic rings. The molecule has 0 aromatic heterocycles. The lowest BCUT2D eigenvalue weighted by molar-refractivity contribution is 0.135. The summed E-state index contributed by atoms with van der Waals surface area (Å²) in [6, 6.07) is 5.98. The molecule has 1 heterocycles. The van der Waals surface area contributed by atoms with Gasteiger partial charge in [0, 0.05) is 0 Å². The molecule has 16 heavy (non-hydrogen) atoms. The maximum atomic E-state index is 6.10. The normalized spacial score (nSPS) is 19.2. The monoisotopic (exact) mass is 237 g/mol. The van der Waals surface area contributed by atoms with E-state index in [-0.39, 0.29) is 6.10 Å². The zero-order chi connectivity index (χ0) is 11.4. The molecular formula is C13H16ClNO. The second kappa shape index (κ2) is 5.26. The lowest BCUT2D eigenvalue weighted by Crippen LogP contribution is -2.23. The number of hydrogen-bond donors (Lipinski definition) is 1. The molecule has 2 rings (SSSR count). The Hall–Kier alpha value is -1.15. The topological polar surface area (TPSA) is 21.3 Å². The van der Waals surface area contributed by atoms with Gasteiger partial charge in [0.2, 0.25) is 0 Å². The van der Waals surface area contributed by atoms with Crippen molar-refractivity contribution in [2.75, 3.05) is 11.9 Å². The quantitative estimate of drug-likeness (QED) is 0.865. The number of benzene rings is 1. The molecule has 1 aromatic carbocycles. The van der Waals surface area contributed by atoms with Gasteiger partial charge in [-0.3, -0.25) is 0 Å². The minimum atomic E-state index is 0.251. The third kappa shape index (κ3) is 2.92. The fraction of sp³-hybridized carbons (Fsp3) is 0.385. The van der Waals surface area contributed by atoms with Crippen LogP contribution >= 0.6 is 11.6 Å². The summed E-state index contributed by atoms with van der Waals surface area (Å²) in [5.74, 6) is 0. The van der Waals surface area contributed by atoms with Gasteiger partial charge >= 0.3 is 0 Å². The van der Waals surface area contributed by atoms with E-state index in [1.165, 1.54) is 5.56 Å². The highest BCUT2D eigenvalue weighted by Crippen LogP contribution is 2.23. The van der Waals surface area contributed by atoms with E-state index in [0.29, 0.717) is 0 Å². The Kier molecular flexibility index (Phi) is 3.73. The van der Waals surface area contributed by atoms with E-state index in [1.807, 2.05) is 12.1 Å². The number of allylic oxidation sites excluding steroid dienone is 1. The Morgan fingerprint density at radius 1 is 1.50 bits per heavy atom. The maximum absolute atomic E-state index is 6.10. The Labute approximate surface area is 101 Å². The summed E-state index contributed by atoms with van der Waals surface area (Å²) < 4.78 is 5.48. The van der Waals surface area contributed by atoms with Crippen LogP contribution in [0, 0.1) is 6.92 Å². The van der Waals surface area contributed by atoms with Gasteiger partial charge in [0.05, 0.1) is 23.5 Å². The summed E-state index contributed by atoms with van der Waals surface area (Å²) in [5.41, 5.74) is 2.19. The molecule has 0 spiro atoms. The minimum absolute atomic E-state index is 0.251. The molecule has 2 nitrogen and oxygen atoms in total. The van der Waals surface area contributed by atoms with Gasteiger partial charge in [-0.2, -0.15) is 0 Å². The largest absolute Gasteiger partial charge is 0.497 e. The Balaban J connectivity index is 1.93. The predicted octanol–water partition coefficient (Wildman–Crippen LogP) is 3.75. The molecule has 0 saturated heterocycles. The predicted molar refractivity (Wildman–Crippen MR) is 67.9 cm³/mol. The average molecular weight is 238 g/mol. The van der Waals surface area contributed by atoms with Crippen molar-refractivity contribution in [3.8, 4) is 0 Å². The number of rotatable bonds is 3. The first kappa shape index (κ1) is 11.3. The van der Waals surface area contributed by atoms with Crippen molar-refractivity contribution in [3.63, 3.8) is 0 Å². The molecule has 0 fully saturated rings. The van der Waals surface area contributed by atoms with Gasteiger partial charge in [0.15, 0.2) is 0 Å². The van der Waals surface area contributed by atoms with Crippen LogP contribution in [0.15, 0.2) is 30.5 Å². The third-order valence-corrected chi connectivity index (χ3v) is 2.99. The maximum Gasteiger partial charge on any atom is 0.115 e. The summed E-state index contributed by atoms with van der Waals surface area (Å²) in [4.78, 5) is 0. The van der Waals surface area contributed by atoms with Gasteiger partial charge in [0.25, 0.3) is 0 Å². The molecule has 1 N–H and O–H groups in total. The fourth-order valence-electron chi connectivity index (χ4n) is 1.73. The number of aryl methyl sites for hydroxylation is 1. The van der Waals surface area contributed by atoms with E-state index in [0.717, 1.165) is 30.1 Å². The molecular weight excluding hydrogens is 222 g/mol. The summed E-state index contributed by atoms with van der Waals surface area (Å²) in [7, 11) is 0. The molecule has 3 heteroatoms. The second-order valence-electron chi connectivity index (χ2n) is 4.07. The molecule has 1 aliphatic heterocycles. The van der Waals surface area contributed by atoms with Crippen molar-refractivity contribution in [2.24, 2.45) is 0 Å². The van der Waals surface area contributed by atoms with Crippen LogP contribution in [0.25, 0.3) is 0 Å². The second-order valence-corrected chi connectivity index (χ2v) is 4.48. The molecule has 0 radical (unpaired) electrons. The molecule has 0 aliphatic carbocycles. The highest BCUT2D eigenvalue weighted by atomic mass is 35.5. The van der Waals surface area contributed by atoms with Gasteiger partial charge in [-0.05, 0) is 43.5 Å². The van der Waals surface area contributed by atoms with Crippen molar-refractivity contribution in [3.05, 3.63) is 41.1 Å². The number of halogens is 1. The zero-order valence-electron chi connectivity index (χ0n) is 9.37. The van der Waals surface area contributed by atoms with Gasteiger partial charge in [0.1, 0.15) is 6.10 Å². The number of anilines is 1. The van der Waals surface area contributed by atoms with Gasteiger partial charge < -0.3 is 10.1 Å². The Morgan fingerprint density at radius 2 is 2.38 bits per heavy atom. The van der Waals surface area contributed by atoms with Gasteiger partial charge in [-0.25, -0.2) is 0 Å². The van der Waals surface area contributed by atoms with Crippen LogP contribution in [0.5, 0.6) is 0 Å². The van der Waals surface area contributed by atoms with E-state index in [2.05, 4.69) is 24.4 Å². The van der Waals surface area contributed by atoms with Crippen LogP contribution in [-0.4, -0.2) is 12.6 Å². The molecule has 0 saturated carbocycles. The van der Waals surface area contributed by atoms with Crippen molar-refractivity contribution >= 4 is 17.3 Å². The zero-order valence-corrected chi connectivity index (χ0v) is 10.1. The lowest BCUT2D eigenvalue weighted by atomic mass is 10.1.